The van der Waals surface area contributed by atoms with E-state index in [1.165, 1.54) is 50.0 Å². The monoisotopic (exact) mass is 232 g/mol. The molecule has 1 aliphatic rings. The van der Waals surface area contributed by atoms with Crippen molar-refractivity contribution < 1.29 is 0 Å². The van der Waals surface area contributed by atoms with Gasteiger partial charge in [0, 0.05) is 24.5 Å². The highest BCUT2D eigenvalue weighted by Gasteiger charge is 2.18. The summed E-state index contributed by atoms with van der Waals surface area (Å²) in [6.07, 6.45) is 4.99. The summed E-state index contributed by atoms with van der Waals surface area (Å²) in [4.78, 5) is 2.55. The molecule has 0 amide bonds. The van der Waals surface area contributed by atoms with E-state index >= 15 is 0 Å². The number of aryl methyl sites for hydroxylation is 1. The maximum absolute atomic E-state index is 5.86. The Kier molecular flexibility index (Phi) is 3.93. The molecular formula is C15H24N2. The van der Waals surface area contributed by atoms with Crippen LogP contribution in [0.1, 0.15) is 38.7 Å². The third-order valence-corrected chi connectivity index (χ3v) is 3.95. The highest BCUT2D eigenvalue weighted by atomic mass is 15.1. The zero-order valence-corrected chi connectivity index (χ0v) is 11.1. The second kappa shape index (κ2) is 5.44. The van der Waals surface area contributed by atoms with Crippen LogP contribution >= 0.6 is 0 Å². The average Bonchev–Trinajstić information content (AvgIpc) is 2.35. The quantitative estimate of drug-likeness (QED) is 0.806. The summed E-state index contributed by atoms with van der Waals surface area (Å²) >= 11 is 0. The normalized spacial score (nSPS) is 15.1. The van der Waals surface area contributed by atoms with Crippen LogP contribution in [-0.2, 0) is 6.42 Å². The molecule has 17 heavy (non-hydrogen) atoms. The molecule has 0 aromatic heterocycles. The van der Waals surface area contributed by atoms with E-state index in [9.17, 15) is 0 Å². The van der Waals surface area contributed by atoms with Crippen LogP contribution < -0.4 is 10.6 Å². The summed E-state index contributed by atoms with van der Waals surface area (Å²) in [7, 11) is 0. The van der Waals surface area contributed by atoms with E-state index in [4.69, 9.17) is 5.73 Å². The molecule has 2 heteroatoms. The summed E-state index contributed by atoms with van der Waals surface area (Å²) < 4.78 is 0. The standard InChI is InChI=1S/C15H24N2/c1-3-12(4-2)11-17-9-5-6-13-10-14(16)7-8-15(13)17/h7-8,10,12H,3-6,9,11,16H2,1-2H3. The summed E-state index contributed by atoms with van der Waals surface area (Å²) in [5, 5.41) is 0. The molecule has 0 unspecified atom stereocenters. The number of anilines is 2. The fraction of sp³-hybridized carbons (Fsp3) is 0.600. The number of fused-ring (bicyclic) bond motifs is 1. The number of nitrogens with zero attached hydrogens (tertiary/aromatic N) is 1. The van der Waals surface area contributed by atoms with Gasteiger partial charge >= 0.3 is 0 Å². The molecule has 0 fully saturated rings. The van der Waals surface area contributed by atoms with Crippen LogP contribution in [0.3, 0.4) is 0 Å². The van der Waals surface area contributed by atoms with Crippen molar-refractivity contribution in [1.82, 2.24) is 0 Å². The van der Waals surface area contributed by atoms with Gasteiger partial charge < -0.3 is 10.6 Å². The highest BCUT2D eigenvalue weighted by molar-refractivity contribution is 5.61. The number of nitrogen functional groups attached to an aromatic ring is 1. The SMILES string of the molecule is CCC(CC)CN1CCCc2cc(N)ccc21. The first-order valence-corrected chi connectivity index (χ1v) is 6.88. The zero-order valence-electron chi connectivity index (χ0n) is 11.1. The second-order valence-electron chi connectivity index (χ2n) is 5.12. The van der Waals surface area contributed by atoms with Crippen LogP contribution in [-0.4, -0.2) is 13.1 Å². The molecule has 1 aromatic carbocycles. The van der Waals surface area contributed by atoms with Crippen LogP contribution in [0.5, 0.6) is 0 Å². The maximum atomic E-state index is 5.86. The van der Waals surface area contributed by atoms with E-state index < -0.39 is 0 Å². The first-order valence-electron chi connectivity index (χ1n) is 6.88. The topological polar surface area (TPSA) is 29.3 Å². The smallest absolute Gasteiger partial charge is 0.0400 e. The summed E-state index contributed by atoms with van der Waals surface area (Å²) in [5.41, 5.74) is 9.61. The van der Waals surface area contributed by atoms with Crippen molar-refractivity contribution in [3.05, 3.63) is 23.8 Å². The molecule has 2 nitrogen and oxygen atoms in total. The molecule has 0 saturated carbocycles. The van der Waals surface area contributed by atoms with Crippen LogP contribution in [0.2, 0.25) is 0 Å². The van der Waals surface area contributed by atoms with Gasteiger partial charge in [-0.05, 0) is 42.5 Å². The van der Waals surface area contributed by atoms with Crippen LogP contribution in [0.25, 0.3) is 0 Å². The average molecular weight is 232 g/mol. The molecule has 0 atom stereocenters. The van der Waals surface area contributed by atoms with Crippen molar-refractivity contribution >= 4 is 11.4 Å². The van der Waals surface area contributed by atoms with Crippen molar-refractivity contribution in [2.45, 2.75) is 39.5 Å². The van der Waals surface area contributed by atoms with Crippen molar-refractivity contribution in [3.8, 4) is 0 Å². The van der Waals surface area contributed by atoms with Crippen LogP contribution in [0.4, 0.5) is 11.4 Å². The Balaban J connectivity index is 2.16. The van der Waals surface area contributed by atoms with Gasteiger partial charge in [0.15, 0.2) is 0 Å². The van der Waals surface area contributed by atoms with Crippen LogP contribution in [0.15, 0.2) is 18.2 Å². The zero-order chi connectivity index (χ0) is 12.3. The predicted molar refractivity (Wildman–Crippen MR) is 75.5 cm³/mol. The van der Waals surface area contributed by atoms with Gasteiger partial charge in [0.25, 0.3) is 0 Å². The minimum absolute atomic E-state index is 0.818. The molecule has 1 heterocycles. The van der Waals surface area contributed by atoms with Gasteiger partial charge in [0.1, 0.15) is 0 Å². The van der Waals surface area contributed by atoms with Crippen molar-refractivity contribution in [1.29, 1.82) is 0 Å². The van der Waals surface area contributed by atoms with E-state index in [-0.39, 0.29) is 0 Å². The van der Waals surface area contributed by atoms with E-state index in [0.29, 0.717) is 0 Å². The van der Waals surface area contributed by atoms with Crippen molar-refractivity contribution in [2.24, 2.45) is 5.92 Å². The van der Waals surface area contributed by atoms with Gasteiger partial charge in [-0.1, -0.05) is 26.7 Å². The van der Waals surface area contributed by atoms with Gasteiger partial charge in [-0.15, -0.1) is 0 Å². The fourth-order valence-electron chi connectivity index (χ4n) is 2.74. The number of nitrogens with two attached hydrogens (primary N) is 1. The Morgan fingerprint density at radius 3 is 2.76 bits per heavy atom. The fourth-order valence-corrected chi connectivity index (χ4v) is 2.74. The van der Waals surface area contributed by atoms with Crippen LogP contribution in [0, 0.1) is 5.92 Å². The molecule has 0 aliphatic carbocycles. The Morgan fingerprint density at radius 1 is 1.29 bits per heavy atom. The molecule has 1 aromatic rings. The third kappa shape index (κ3) is 2.74. The van der Waals surface area contributed by atoms with E-state index in [0.717, 1.165) is 11.6 Å². The Hall–Kier alpha value is -1.18. The first kappa shape index (κ1) is 12.3. The van der Waals surface area contributed by atoms with Gasteiger partial charge in [0.05, 0.1) is 0 Å². The van der Waals surface area contributed by atoms with E-state index in [2.05, 4.69) is 30.9 Å². The molecule has 2 N–H and O–H groups in total. The number of rotatable bonds is 4. The molecule has 0 spiro atoms. The molecule has 0 saturated heterocycles. The molecule has 0 bridgehead atoms. The Morgan fingerprint density at radius 2 is 2.06 bits per heavy atom. The molecule has 0 radical (unpaired) electrons. The number of hydrogen-bond acceptors (Lipinski definition) is 2. The van der Waals surface area contributed by atoms with Crippen molar-refractivity contribution in [3.63, 3.8) is 0 Å². The third-order valence-electron chi connectivity index (χ3n) is 3.95. The summed E-state index contributed by atoms with van der Waals surface area (Å²) in [6, 6.07) is 6.38. The molecule has 1 aliphatic heterocycles. The summed E-state index contributed by atoms with van der Waals surface area (Å²) in [6.45, 7) is 6.99. The number of benzene rings is 1. The minimum Gasteiger partial charge on any atom is -0.399 e. The molecule has 2 rings (SSSR count). The van der Waals surface area contributed by atoms with E-state index in [1.54, 1.807) is 0 Å². The maximum Gasteiger partial charge on any atom is 0.0400 e. The highest BCUT2D eigenvalue weighted by Crippen LogP contribution is 2.30. The molecule has 94 valence electrons. The predicted octanol–water partition coefficient (Wildman–Crippen LogP) is 3.46. The lowest BCUT2D eigenvalue weighted by Gasteiger charge is -2.34. The second-order valence-corrected chi connectivity index (χ2v) is 5.12. The van der Waals surface area contributed by atoms with E-state index in [1.807, 2.05) is 6.07 Å². The lowest BCUT2D eigenvalue weighted by molar-refractivity contribution is 0.475. The minimum atomic E-state index is 0.818. The van der Waals surface area contributed by atoms with Gasteiger partial charge in [-0.2, -0.15) is 0 Å². The molecular weight excluding hydrogens is 208 g/mol. The lowest BCUT2D eigenvalue weighted by atomic mass is 9.97. The van der Waals surface area contributed by atoms with Crippen molar-refractivity contribution in [2.75, 3.05) is 23.7 Å². The van der Waals surface area contributed by atoms with Gasteiger partial charge in [0.2, 0.25) is 0 Å². The van der Waals surface area contributed by atoms with Gasteiger partial charge in [-0.25, -0.2) is 0 Å². The largest absolute Gasteiger partial charge is 0.399 e. The lowest BCUT2D eigenvalue weighted by Crippen LogP contribution is -2.33. The Bertz CT molecular complexity index is 369. The first-order chi connectivity index (χ1) is 8.24. The van der Waals surface area contributed by atoms with Gasteiger partial charge in [-0.3, -0.25) is 0 Å². The Labute approximate surface area is 105 Å². The number of hydrogen-bond donors (Lipinski definition) is 1. The summed E-state index contributed by atoms with van der Waals surface area (Å²) in [5.74, 6) is 0.818.